The first-order chi connectivity index (χ1) is 18.3. The van der Waals surface area contributed by atoms with Gasteiger partial charge in [0.05, 0.1) is 17.5 Å². The predicted molar refractivity (Wildman–Crippen MR) is 148 cm³/mol. The first-order valence-electron chi connectivity index (χ1n) is 12.4. The molecule has 10 heteroatoms. The van der Waals surface area contributed by atoms with Crippen LogP contribution >= 0.6 is 0 Å². The van der Waals surface area contributed by atoms with Gasteiger partial charge in [-0.25, -0.2) is 12.8 Å². The first kappa shape index (κ1) is 28.1. The largest absolute Gasteiger partial charge is 0.337 e. The molecule has 0 amide bonds. The number of sulfonamides is 1. The standard InChI is InChI=1S/C29H31FN4O4S/c1-19(21-10-12-24(30)13-11-21)14-26(35)22-15-23(17-25(16-22)34(3)39(4,36)37)27-32-28(38-33-27)29(2,31)18-20-8-6-5-7-9-20/h5-13,15-17,19H,14,18,31H2,1-4H3/t19-,29+/m0/s1. The summed E-state index contributed by atoms with van der Waals surface area (Å²) in [5.41, 5.74) is 8.37. The maximum absolute atomic E-state index is 13.3. The zero-order valence-electron chi connectivity index (χ0n) is 22.3. The number of aromatic nitrogens is 2. The van der Waals surface area contributed by atoms with Crippen LogP contribution in [0.2, 0.25) is 0 Å². The van der Waals surface area contributed by atoms with E-state index in [9.17, 15) is 17.6 Å². The molecule has 0 radical (unpaired) electrons. The van der Waals surface area contributed by atoms with Gasteiger partial charge in [0.2, 0.25) is 21.7 Å². The summed E-state index contributed by atoms with van der Waals surface area (Å²) in [7, 11) is -2.21. The van der Waals surface area contributed by atoms with Crippen molar-refractivity contribution in [2.75, 3.05) is 17.6 Å². The van der Waals surface area contributed by atoms with Crippen LogP contribution in [0.5, 0.6) is 0 Å². The number of carbonyl (C=O) groups is 1. The highest BCUT2D eigenvalue weighted by atomic mass is 32.2. The quantitative estimate of drug-likeness (QED) is 0.274. The molecule has 1 heterocycles. The molecule has 2 atom stereocenters. The minimum atomic E-state index is -3.62. The third-order valence-electron chi connectivity index (χ3n) is 6.62. The Kier molecular flexibility index (Phi) is 7.99. The number of ketones is 1. The van der Waals surface area contributed by atoms with Crippen molar-refractivity contribution in [3.05, 3.63) is 101 Å². The van der Waals surface area contributed by atoms with Crippen LogP contribution in [0.1, 0.15) is 53.6 Å². The Morgan fingerprint density at radius 3 is 2.41 bits per heavy atom. The number of anilines is 1. The smallest absolute Gasteiger partial charge is 0.247 e. The number of carbonyl (C=O) groups excluding carboxylic acids is 1. The van der Waals surface area contributed by atoms with E-state index < -0.39 is 15.6 Å². The van der Waals surface area contributed by atoms with Crippen molar-refractivity contribution in [3.8, 4) is 11.4 Å². The maximum Gasteiger partial charge on any atom is 0.247 e. The summed E-state index contributed by atoms with van der Waals surface area (Å²) in [6, 6.07) is 20.4. The van der Waals surface area contributed by atoms with Crippen LogP contribution in [-0.2, 0) is 22.0 Å². The minimum absolute atomic E-state index is 0.132. The van der Waals surface area contributed by atoms with E-state index in [1.807, 2.05) is 37.3 Å². The zero-order chi connectivity index (χ0) is 28.4. The van der Waals surface area contributed by atoms with E-state index in [1.165, 1.54) is 25.2 Å². The van der Waals surface area contributed by atoms with Crippen LogP contribution in [0, 0.1) is 5.82 Å². The monoisotopic (exact) mass is 550 g/mol. The molecule has 8 nitrogen and oxygen atoms in total. The second kappa shape index (κ2) is 11.1. The molecular formula is C29H31FN4O4S. The Morgan fingerprint density at radius 2 is 1.77 bits per heavy atom. The van der Waals surface area contributed by atoms with Crippen LogP contribution in [0.3, 0.4) is 0 Å². The van der Waals surface area contributed by atoms with Crippen molar-refractivity contribution in [1.82, 2.24) is 10.1 Å². The van der Waals surface area contributed by atoms with E-state index in [0.29, 0.717) is 12.0 Å². The van der Waals surface area contributed by atoms with Crippen molar-refractivity contribution < 1.29 is 22.1 Å². The molecular weight excluding hydrogens is 519 g/mol. The van der Waals surface area contributed by atoms with Gasteiger partial charge < -0.3 is 10.3 Å². The maximum atomic E-state index is 13.3. The second-order valence-electron chi connectivity index (χ2n) is 10.1. The third-order valence-corrected chi connectivity index (χ3v) is 7.82. The van der Waals surface area contributed by atoms with Gasteiger partial charge >= 0.3 is 0 Å². The Labute approximate surface area is 227 Å². The summed E-state index contributed by atoms with van der Waals surface area (Å²) in [4.78, 5) is 17.9. The van der Waals surface area contributed by atoms with Gasteiger partial charge in [-0.2, -0.15) is 4.98 Å². The molecule has 0 aliphatic rings. The van der Waals surface area contributed by atoms with Gasteiger partial charge in [-0.3, -0.25) is 9.10 Å². The molecule has 0 aliphatic carbocycles. The number of hydrogen-bond acceptors (Lipinski definition) is 7. The van der Waals surface area contributed by atoms with Crippen LogP contribution in [-0.4, -0.2) is 37.6 Å². The number of nitrogens with zero attached hydrogens (tertiary/aromatic N) is 3. The van der Waals surface area contributed by atoms with Gasteiger partial charge in [0.15, 0.2) is 5.78 Å². The van der Waals surface area contributed by atoms with E-state index in [2.05, 4.69) is 10.1 Å². The summed E-state index contributed by atoms with van der Waals surface area (Å²) in [6.45, 7) is 3.66. The number of benzene rings is 3. The van der Waals surface area contributed by atoms with Crippen molar-refractivity contribution in [2.45, 2.75) is 38.1 Å². The average molecular weight is 551 g/mol. The molecule has 0 spiro atoms. The van der Waals surface area contributed by atoms with Crippen LogP contribution in [0.25, 0.3) is 11.4 Å². The number of nitrogens with two attached hydrogens (primary N) is 1. The molecule has 3 aromatic carbocycles. The summed E-state index contributed by atoms with van der Waals surface area (Å²) in [5, 5.41) is 4.09. The third kappa shape index (κ3) is 6.76. The Balaban J connectivity index is 1.67. The van der Waals surface area contributed by atoms with Gasteiger partial charge in [-0.15, -0.1) is 0 Å². The molecule has 4 rings (SSSR count). The first-order valence-corrected chi connectivity index (χ1v) is 14.2. The van der Waals surface area contributed by atoms with Crippen LogP contribution < -0.4 is 10.0 Å². The Bertz CT molecular complexity index is 1570. The molecule has 2 N–H and O–H groups in total. The van der Waals surface area contributed by atoms with Gasteiger partial charge in [0.1, 0.15) is 5.82 Å². The normalized spacial score (nSPS) is 14.0. The Morgan fingerprint density at radius 1 is 1.10 bits per heavy atom. The number of Topliss-reactive ketones (excluding diaryl/α,β-unsaturated/α-hetero) is 1. The molecule has 1 aromatic heterocycles. The van der Waals surface area contributed by atoms with Gasteiger partial charge in [-0.1, -0.05) is 54.5 Å². The minimum Gasteiger partial charge on any atom is -0.337 e. The highest BCUT2D eigenvalue weighted by Crippen LogP contribution is 2.30. The molecule has 4 aromatic rings. The van der Waals surface area contributed by atoms with E-state index in [1.54, 1.807) is 31.2 Å². The van der Waals surface area contributed by atoms with Gasteiger partial charge in [0, 0.05) is 24.6 Å². The van der Waals surface area contributed by atoms with Crippen molar-refractivity contribution >= 4 is 21.5 Å². The topological polar surface area (TPSA) is 119 Å². The SMILES string of the molecule is C[C@@H](CC(=O)c1cc(-c2noc([C@](C)(N)Cc3ccccc3)n2)cc(N(C)S(C)(=O)=O)c1)c1ccc(F)cc1. The van der Waals surface area contributed by atoms with Crippen LogP contribution in [0.15, 0.2) is 77.3 Å². The summed E-state index contributed by atoms with van der Waals surface area (Å²) < 4.78 is 44.6. The number of hydrogen-bond donors (Lipinski definition) is 1. The average Bonchev–Trinajstić information content (AvgIpc) is 3.40. The summed E-state index contributed by atoms with van der Waals surface area (Å²) in [6.07, 6.45) is 1.66. The lowest BCUT2D eigenvalue weighted by Crippen LogP contribution is -2.35. The molecule has 0 saturated heterocycles. The van der Waals surface area contributed by atoms with Crippen molar-refractivity contribution in [3.63, 3.8) is 0 Å². The second-order valence-corrected chi connectivity index (χ2v) is 12.1. The van der Waals surface area contributed by atoms with Gasteiger partial charge in [0.25, 0.3) is 0 Å². The van der Waals surface area contributed by atoms with E-state index in [-0.39, 0.29) is 46.9 Å². The van der Waals surface area contributed by atoms with E-state index >= 15 is 0 Å². The lowest BCUT2D eigenvalue weighted by Gasteiger charge is -2.20. The fraction of sp³-hybridized carbons (Fsp3) is 0.276. The summed E-state index contributed by atoms with van der Waals surface area (Å²) in [5.74, 6) is -0.366. The lowest BCUT2D eigenvalue weighted by atomic mass is 9.92. The van der Waals surface area contributed by atoms with Crippen LogP contribution in [0.4, 0.5) is 10.1 Å². The molecule has 204 valence electrons. The molecule has 0 fully saturated rings. The highest BCUT2D eigenvalue weighted by Gasteiger charge is 2.29. The van der Waals surface area contributed by atoms with Crippen molar-refractivity contribution in [1.29, 1.82) is 0 Å². The zero-order valence-corrected chi connectivity index (χ0v) is 23.1. The molecule has 39 heavy (non-hydrogen) atoms. The highest BCUT2D eigenvalue weighted by molar-refractivity contribution is 7.92. The lowest BCUT2D eigenvalue weighted by molar-refractivity contribution is 0.0975. The molecule has 0 aliphatic heterocycles. The summed E-state index contributed by atoms with van der Waals surface area (Å²) >= 11 is 0. The fourth-order valence-corrected chi connectivity index (χ4v) is 4.74. The van der Waals surface area contributed by atoms with Gasteiger partial charge in [-0.05, 0) is 60.7 Å². The number of rotatable bonds is 10. The molecule has 0 unspecified atom stereocenters. The Hall–Kier alpha value is -3.89. The predicted octanol–water partition coefficient (Wildman–Crippen LogP) is 5.06. The van der Waals surface area contributed by atoms with Crippen molar-refractivity contribution in [2.24, 2.45) is 5.73 Å². The van der Waals surface area contributed by atoms with E-state index in [4.69, 9.17) is 10.3 Å². The number of halogens is 1. The van der Waals surface area contributed by atoms with E-state index in [0.717, 1.165) is 21.7 Å². The fourth-order valence-electron chi connectivity index (χ4n) is 4.25. The molecule has 0 bridgehead atoms. The molecule has 0 saturated carbocycles.